The first-order valence-electron chi connectivity index (χ1n) is 12.6. The SMILES string of the molecule is CCCCN(CCCC)CCOC(CN(CCCC)CCCC)Oc1ccc(O)cc1. The van der Waals surface area contributed by atoms with Crippen molar-refractivity contribution in [2.24, 2.45) is 0 Å². The quantitative estimate of drug-likeness (QED) is 0.257. The number of benzene rings is 1. The molecule has 1 aromatic rings. The third-order valence-electron chi connectivity index (χ3n) is 5.53. The Labute approximate surface area is 191 Å². The molecule has 0 aromatic heterocycles. The van der Waals surface area contributed by atoms with Gasteiger partial charge < -0.3 is 19.5 Å². The van der Waals surface area contributed by atoms with E-state index < -0.39 is 0 Å². The molecule has 0 amide bonds. The van der Waals surface area contributed by atoms with Gasteiger partial charge in [0.25, 0.3) is 0 Å². The first kappa shape index (κ1) is 27.7. The summed E-state index contributed by atoms with van der Waals surface area (Å²) in [5.41, 5.74) is 0. The Balaban J connectivity index is 2.71. The van der Waals surface area contributed by atoms with Crippen LogP contribution in [-0.4, -0.2) is 67.1 Å². The van der Waals surface area contributed by atoms with Crippen LogP contribution in [0.25, 0.3) is 0 Å². The molecule has 1 N–H and O–H groups in total. The van der Waals surface area contributed by atoms with Gasteiger partial charge in [-0.3, -0.25) is 4.90 Å². The molecule has 31 heavy (non-hydrogen) atoms. The van der Waals surface area contributed by atoms with Crippen molar-refractivity contribution in [1.82, 2.24) is 9.80 Å². The molecule has 0 heterocycles. The first-order chi connectivity index (χ1) is 15.1. The van der Waals surface area contributed by atoms with E-state index >= 15 is 0 Å². The van der Waals surface area contributed by atoms with Crippen molar-refractivity contribution in [3.05, 3.63) is 24.3 Å². The lowest BCUT2D eigenvalue weighted by Crippen LogP contribution is -2.40. The summed E-state index contributed by atoms with van der Waals surface area (Å²) >= 11 is 0. The minimum absolute atomic E-state index is 0.250. The predicted octanol–water partition coefficient (Wildman–Crippen LogP) is 5.92. The minimum atomic E-state index is -0.308. The van der Waals surface area contributed by atoms with Crippen LogP contribution < -0.4 is 4.74 Å². The van der Waals surface area contributed by atoms with Crippen LogP contribution in [-0.2, 0) is 4.74 Å². The van der Waals surface area contributed by atoms with Crippen molar-refractivity contribution in [3.8, 4) is 11.5 Å². The molecule has 0 spiro atoms. The van der Waals surface area contributed by atoms with Gasteiger partial charge >= 0.3 is 0 Å². The van der Waals surface area contributed by atoms with E-state index in [1.165, 1.54) is 51.4 Å². The molecule has 0 fully saturated rings. The molecule has 1 atom stereocenters. The number of phenolic OH excluding ortho intramolecular Hbond substituents is 1. The topological polar surface area (TPSA) is 45.2 Å². The number of rotatable bonds is 20. The molecule has 1 aromatic carbocycles. The van der Waals surface area contributed by atoms with E-state index in [0.29, 0.717) is 6.61 Å². The summed E-state index contributed by atoms with van der Waals surface area (Å²) < 4.78 is 12.5. The van der Waals surface area contributed by atoms with Crippen LogP contribution >= 0.6 is 0 Å². The number of hydrogen-bond acceptors (Lipinski definition) is 5. The lowest BCUT2D eigenvalue weighted by Gasteiger charge is -2.29. The van der Waals surface area contributed by atoms with E-state index in [0.717, 1.165) is 45.0 Å². The van der Waals surface area contributed by atoms with Crippen molar-refractivity contribution in [3.63, 3.8) is 0 Å². The Bertz CT molecular complexity index is 508. The molecule has 0 aliphatic carbocycles. The maximum Gasteiger partial charge on any atom is 0.212 e. The summed E-state index contributed by atoms with van der Waals surface area (Å²) in [4.78, 5) is 5.00. The Hall–Kier alpha value is -1.30. The molecule has 5 nitrogen and oxygen atoms in total. The van der Waals surface area contributed by atoms with Crippen LogP contribution in [0, 0.1) is 0 Å². The highest BCUT2D eigenvalue weighted by molar-refractivity contribution is 5.30. The summed E-state index contributed by atoms with van der Waals surface area (Å²) in [7, 11) is 0. The average molecular weight is 437 g/mol. The van der Waals surface area contributed by atoms with Gasteiger partial charge in [-0.05, 0) is 76.1 Å². The number of nitrogens with zero attached hydrogens (tertiary/aromatic N) is 2. The van der Waals surface area contributed by atoms with Gasteiger partial charge in [-0.2, -0.15) is 0 Å². The van der Waals surface area contributed by atoms with Gasteiger partial charge in [0.05, 0.1) is 13.2 Å². The molecule has 180 valence electrons. The smallest absolute Gasteiger partial charge is 0.212 e. The maximum absolute atomic E-state index is 9.57. The molecular weight excluding hydrogens is 388 g/mol. The molecular formula is C26H48N2O3. The van der Waals surface area contributed by atoms with E-state index in [1.54, 1.807) is 12.1 Å². The number of aromatic hydroxyl groups is 1. The van der Waals surface area contributed by atoms with Crippen LogP contribution in [0.1, 0.15) is 79.1 Å². The largest absolute Gasteiger partial charge is 0.508 e. The Morgan fingerprint density at radius 1 is 0.710 bits per heavy atom. The zero-order valence-electron chi connectivity index (χ0n) is 20.7. The van der Waals surface area contributed by atoms with Crippen molar-refractivity contribution < 1.29 is 14.6 Å². The normalized spacial score (nSPS) is 12.6. The van der Waals surface area contributed by atoms with Crippen molar-refractivity contribution in [2.45, 2.75) is 85.4 Å². The third kappa shape index (κ3) is 13.7. The Morgan fingerprint density at radius 2 is 1.19 bits per heavy atom. The minimum Gasteiger partial charge on any atom is -0.508 e. The maximum atomic E-state index is 9.57. The highest BCUT2D eigenvalue weighted by Crippen LogP contribution is 2.18. The number of unbranched alkanes of at least 4 members (excludes halogenated alkanes) is 4. The fourth-order valence-corrected chi connectivity index (χ4v) is 3.48. The van der Waals surface area contributed by atoms with Crippen LogP contribution in [0.4, 0.5) is 0 Å². The van der Waals surface area contributed by atoms with E-state index in [1.807, 2.05) is 12.1 Å². The van der Waals surface area contributed by atoms with Crippen LogP contribution in [0.15, 0.2) is 24.3 Å². The van der Waals surface area contributed by atoms with Crippen LogP contribution in [0.3, 0.4) is 0 Å². The second kappa shape index (κ2) is 18.3. The summed E-state index contributed by atoms with van der Waals surface area (Å²) in [6.07, 6.45) is 9.37. The second-order valence-electron chi connectivity index (χ2n) is 8.47. The molecule has 1 unspecified atom stereocenters. The standard InChI is InChI=1S/C26H48N2O3/c1-5-9-17-27(18-10-6-2)21-22-30-26(31-25-15-13-24(29)14-16-25)23-28(19-11-7-3)20-12-8-4/h13-16,26,29H,5-12,17-23H2,1-4H3. The van der Waals surface area contributed by atoms with Gasteiger partial charge in [-0.15, -0.1) is 0 Å². The molecule has 5 heteroatoms. The monoisotopic (exact) mass is 436 g/mol. The van der Waals surface area contributed by atoms with Gasteiger partial charge in [-0.25, -0.2) is 0 Å². The lowest BCUT2D eigenvalue weighted by atomic mass is 10.2. The second-order valence-corrected chi connectivity index (χ2v) is 8.47. The predicted molar refractivity (Wildman–Crippen MR) is 131 cm³/mol. The molecule has 0 aliphatic rings. The highest BCUT2D eigenvalue weighted by Gasteiger charge is 2.17. The zero-order chi connectivity index (χ0) is 22.7. The fraction of sp³-hybridized carbons (Fsp3) is 0.769. The van der Waals surface area contributed by atoms with Crippen molar-refractivity contribution >= 4 is 0 Å². The Morgan fingerprint density at radius 3 is 1.68 bits per heavy atom. The van der Waals surface area contributed by atoms with Crippen LogP contribution in [0.2, 0.25) is 0 Å². The summed E-state index contributed by atoms with van der Waals surface area (Å²) in [6, 6.07) is 6.94. The summed E-state index contributed by atoms with van der Waals surface area (Å²) in [5.74, 6) is 0.988. The third-order valence-corrected chi connectivity index (χ3v) is 5.53. The van der Waals surface area contributed by atoms with Gasteiger partial charge in [0, 0.05) is 6.54 Å². The van der Waals surface area contributed by atoms with Crippen molar-refractivity contribution in [2.75, 3.05) is 45.9 Å². The number of ether oxygens (including phenoxy) is 2. The highest BCUT2D eigenvalue weighted by atomic mass is 16.7. The number of hydrogen-bond donors (Lipinski definition) is 1. The lowest BCUT2D eigenvalue weighted by molar-refractivity contribution is -0.0996. The van der Waals surface area contributed by atoms with Crippen LogP contribution in [0.5, 0.6) is 11.5 Å². The molecule has 0 bridgehead atoms. The summed E-state index contributed by atoms with van der Waals surface area (Å²) in [6.45, 7) is 15.8. The molecule has 0 saturated carbocycles. The molecule has 1 rings (SSSR count). The molecule has 0 radical (unpaired) electrons. The van der Waals surface area contributed by atoms with E-state index in [4.69, 9.17) is 9.47 Å². The Kier molecular flexibility index (Phi) is 16.4. The van der Waals surface area contributed by atoms with Gasteiger partial charge in [-0.1, -0.05) is 53.4 Å². The molecule has 0 saturated heterocycles. The van der Waals surface area contributed by atoms with E-state index in [9.17, 15) is 5.11 Å². The van der Waals surface area contributed by atoms with E-state index in [-0.39, 0.29) is 12.0 Å². The first-order valence-corrected chi connectivity index (χ1v) is 12.6. The summed E-state index contributed by atoms with van der Waals surface area (Å²) in [5, 5.41) is 9.57. The fourth-order valence-electron chi connectivity index (χ4n) is 3.48. The van der Waals surface area contributed by atoms with E-state index in [2.05, 4.69) is 37.5 Å². The van der Waals surface area contributed by atoms with Gasteiger partial charge in [0.1, 0.15) is 11.5 Å². The van der Waals surface area contributed by atoms with Gasteiger partial charge in [0.15, 0.2) is 0 Å². The number of phenols is 1. The van der Waals surface area contributed by atoms with Gasteiger partial charge in [0.2, 0.25) is 6.29 Å². The zero-order valence-corrected chi connectivity index (χ0v) is 20.7. The average Bonchev–Trinajstić information content (AvgIpc) is 2.78. The van der Waals surface area contributed by atoms with Crippen molar-refractivity contribution in [1.29, 1.82) is 0 Å². The molecule has 0 aliphatic heterocycles.